The molecule has 8 nitrogen and oxygen atoms in total. The maximum absolute atomic E-state index is 12.5. The zero-order valence-electron chi connectivity index (χ0n) is 19.4. The summed E-state index contributed by atoms with van der Waals surface area (Å²) in [6.45, 7) is 4.51. The van der Waals surface area contributed by atoms with Crippen LogP contribution in [0.2, 0.25) is 0 Å². The number of aromatic nitrogens is 2. The third-order valence-electron chi connectivity index (χ3n) is 5.94. The molecular formula is C25H29N5O3. The monoisotopic (exact) mass is 447 g/mol. The van der Waals surface area contributed by atoms with Gasteiger partial charge in [0.15, 0.2) is 5.69 Å². The van der Waals surface area contributed by atoms with Gasteiger partial charge in [0.1, 0.15) is 5.75 Å². The van der Waals surface area contributed by atoms with Gasteiger partial charge in [0.2, 0.25) is 0 Å². The maximum Gasteiger partial charge on any atom is 0.271 e. The van der Waals surface area contributed by atoms with Gasteiger partial charge in [0, 0.05) is 36.7 Å². The van der Waals surface area contributed by atoms with Crippen molar-refractivity contribution in [1.82, 2.24) is 15.1 Å². The predicted molar refractivity (Wildman–Crippen MR) is 128 cm³/mol. The van der Waals surface area contributed by atoms with Crippen LogP contribution in [0.15, 0.2) is 36.4 Å². The lowest BCUT2D eigenvalue weighted by atomic mass is 9.99. The van der Waals surface area contributed by atoms with Crippen molar-refractivity contribution in [3.63, 3.8) is 0 Å². The van der Waals surface area contributed by atoms with Crippen molar-refractivity contribution in [3.8, 4) is 16.9 Å². The van der Waals surface area contributed by atoms with Crippen molar-refractivity contribution in [2.24, 2.45) is 11.7 Å². The Labute approximate surface area is 193 Å². The molecule has 1 fully saturated rings. The normalized spacial score (nSPS) is 14.1. The Hall–Kier alpha value is -3.68. The van der Waals surface area contributed by atoms with Crippen molar-refractivity contribution in [1.29, 1.82) is 0 Å². The smallest absolute Gasteiger partial charge is 0.271 e. The van der Waals surface area contributed by atoms with Gasteiger partial charge in [-0.05, 0) is 68.5 Å². The summed E-state index contributed by atoms with van der Waals surface area (Å²) in [5.41, 5.74) is 9.13. The highest BCUT2D eigenvalue weighted by atomic mass is 16.5. The quantitative estimate of drug-likeness (QED) is 0.545. The topological polar surface area (TPSA) is 110 Å². The number of rotatable bonds is 8. The minimum atomic E-state index is -0.618. The highest BCUT2D eigenvalue weighted by Crippen LogP contribution is 2.37. The van der Waals surface area contributed by atoms with Gasteiger partial charge in [-0.25, -0.2) is 0 Å². The average Bonchev–Trinajstić information content (AvgIpc) is 3.64. The molecule has 3 N–H and O–H groups in total. The highest BCUT2D eigenvalue weighted by Gasteiger charge is 2.29. The molecule has 172 valence electrons. The number of hydrogen-bond donors (Lipinski definition) is 2. The summed E-state index contributed by atoms with van der Waals surface area (Å²) in [5.74, 6) is 0.549. The third-order valence-corrected chi connectivity index (χ3v) is 5.94. The molecular weight excluding hydrogens is 418 g/mol. The second-order valence-electron chi connectivity index (χ2n) is 8.63. The molecule has 2 aromatic carbocycles. The van der Waals surface area contributed by atoms with E-state index in [2.05, 4.69) is 22.4 Å². The summed E-state index contributed by atoms with van der Waals surface area (Å²) in [6.07, 6.45) is 2.34. The molecule has 1 heterocycles. The van der Waals surface area contributed by atoms with Crippen LogP contribution < -0.4 is 15.8 Å². The predicted octanol–water partition coefficient (Wildman–Crippen LogP) is 3.71. The van der Waals surface area contributed by atoms with Crippen LogP contribution in [0.25, 0.3) is 22.0 Å². The first-order valence-electron chi connectivity index (χ1n) is 11.2. The van der Waals surface area contributed by atoms with Gasteiger partial charge in [-0.15, -0.1) is 10.2 Å². The van der Waals surface area contributed by atoms with Gasteiger partial charge < -0.3 is 20.7 Å². The van der Waals surface area contributed by atoms with Crippen molar-refractivity contribution >= 4 is 28.4 Å². The van der Waals surface area contributed by atoms with Gasteiger partial charge in [-0.1, -0.05) is 6.07 Å². The molecule has 0 saturated heterocycles. The van der Waals surface area contributed by atoms with E-state index >= 15 is 0 Å². The summed E-state index contributed by atoms with van der Waals surface area (Å²) in [7, 11) is 3.44. The van der Waals surface area contributed by atoms with Crippen LogP contribution in [0.1, 0.15) is 47.5 Å². The van der Waals surface area contributed by atoms with Gasteiger partial charge in [0.05, 0.1) is 17.8 Å². The lowest BCUT2D eigenvalue weighted by Gasteiger charge is -2.18. The lowest BCUT2D eigenvalue weighted by Crippen LogP contribution is -2.23. The number of carbonyl (C=O) groups is 2. The van der Waals surface area contributed by atoms with Gasteiger partial charge in [0.25, 0.3) is 11.8 Å². The van der Waals surface area contributed by atoms with E-state index in [0.717, 1.165) is 16.5 Å². The van der Waals surface area contributed by atoms with Crippen LogP contribution in [-0.2, 0) is 0 Å². The fraction of sp³-hybridized carbons (Fsp3) is 0.360. The number of ether oxygens (including phenoxy) is 1. The van der Waals surface area contributed by atoms with Crippen LogP contribution >= 0.6 is 0 Å². The number of amides is 2. The first kappa shape index (κ1) is 22.5. The molecule has 1 aromatic heterocycles. The molecule has 0 unspecified atom stereocenters. The standard InChI is InChI=1S/C25H29N5O3/c1-5-33-21-11-9-17(25(32)30(3)4)12-19(21)16-8-10-18-20(13-16)28-29-23(24(26)31)22(18)27-14(2)15-6-7-15/h8-15H,5-7H2,1-4H3,(H2,26,31)(H,27,28)/t14-/m1/s1. The number of nitrogens with one attached hydrogen (secondary N) is 1. The highest BCUT2D eigenvalue weighted by molar-refractivity contribution is 6.05. The summed E-state index contributed by atoms with van der Waals surface area (Å²) in [6, 6.07) is 11.3. The second-order valence-corrected chi connectivity index (χ2v) is 8.63. The number of fused-ring (bicyclic) bond motifs is 1. The number of carbonyl (C=O) groups excluding carboxylic acids is 2. The zero-order valence-corrected chi connectivity index (χ0v) is 19.4. The van der Waals surface area contributed by atoms with E-state index in [0.29, 0.717) is 35.0 Å². The molecule has 33 heavy (non-hydrogen) atoms. The third kappa shape index (κ3) is 4.60. The molecule has 1 aliphatic carbocycles. The minimum Gasteiger partial charge on any atom is -0.493 e. The number of hydrogen-bond acceptors (Lipinski definition) is 6. The molecule has 2 amide bonds. The van der Waals surface area contributed by atoms with Crippen LogP contribution in [0.3, 0.4) is 0 Å². The molecule has 0 bridgehead atoms. The van der Waals surface area contributed by atoms with E-state index < -0.39 is 5.91 Å². The fourth-order valence-corrected chi connectivity index (χ4v) is 3.96. The SMILES string of the molecule is CCOc1ccc(C(=O)N(C)C)cc1-c1ccc2c(N[C@H](C)C3CC3)c(C(N)=O)nnc2c1. The molecule has 1 aliphatic rings. The fourth-order valence-electron chi connectivity index (χ4n) is 3.96. The Bertz CT molecular complexity index is 1220. The van der Waals surface area contributed by atoms with Crippen molar-refractivity contribution < 1.29 is 14.3 Å². The number of nitrogens with two attached hydrogens (primary N) is 1. The minimum absolute atomic E-state index is 0.0912. The molecule has 3 aromatic rings. The lowest BCUT2D eigenvalue weighted by molar-refractivity contribution is 0.0827. The van der Waals surface area contributed by atoms with Gasteiger partial charge in [-0.3, -0.25) is 9.59 Å². The Morgan fingerprint density at radius 1 is 1.18 bits per heavy atom. The Kier molecular flexibility index (Phi) is 6.18. The van der Waals surface area contributed by atoms with Gasteiger partial charge >= 0.3 is 0 Å². The second kappa shape index (κ2) is 9.05. The summed E-state index contributed by atoms with van der Waals surface area (Å²) in [5, 5.41) is 12.6. The maximum atomic E-state index is 12.5. The van der Waals surface area contributed by atoms with E-state index in [-0.39, 0.29) is 17.6 Å². The molecule has 0 radical (unpaired) electrons. The van der Waals surface area contributed by atoms with E-state index in [1.165, 1.54) is 17.7 Å². The Morgan fingerprint density at radius 2 is 1.94 bits per heavy atom. The number of primary amides is 1. The van der Waals surface area contributed by atoms with E-state index in [1.54, 1.807) is 20.2 Å². The van der Waals surface area contributed by atoms with Crippen LogP contribution in [0, 0.1) is 5.92 Å². The molecule has 1 atom stereocenters. The molecule has 0 spiro atoms. The largest absolute Gasteiger partial charge is 0.493 e. The number of nitrogens with zero attached hydrogens (tertiary/aromatic N) is 3. The average molecular weight is 448 g/mol. The van der Waals surface area contributed by atoms with Crippen molar-refractivity contribution in [2.75, 3.05) is 26.0 Å². The summed E-state index contributed by atoms with van der Waals surface area (Å²) < 4.78 is 5.82. The van der Waals surface area contributed by atoms with Gasteiger partial charge in [-0.2, -0.15) is 0 Å². The van der Waals surface area contributed by atoms with Crippen LogP contribution in [0.4, 0.5) is 5.69 Å². The number of anilines is 1. The molecule has 4 rings (SSSR count). The molecule has 8 heteroatoms. The molecule has 1 saturated carbocycles. The summed E-state index contributed by atoms with van der Waals surface area (Å²) in [4.78, 5) is 26.1. The van der Waals surface area contributed by atoms with Crippen molar-refractivity contribution in [3.05, 3.63) is 47.7 Å². The zero-order chi connectivity index (χ0) is 23.7. The Balaban J connectivity index is 1.82. The summed E-state index contributed by atoms with van der Waals surface area (Å²) >= 11 is 0. The van der Waals surface area contributed by atoms with Crippen LogP contribution in [-0.4, -0.2) is 53.7 Å². The first-order valence-corrected chi connectivity index (χ1v) is 11.2. The van der Waals surface area contributed by atoms with E-state index in [9.17, 15) is 9.59 Å². The van der Waals surface area contributed by atoms with E-state index in [1.807, 2.05) is 37.3 Å². The van der Waals surface area contributed by atoms with Crippen LogP contribution in [0.5, 0.6) is 5.75 Å². The first-order chi connectivity index (χ1) is 15.8. The van der Waals surface area contributed by atoms with E-state index in [4.69, 9.17) is 10.5 Å². The number of benzene rings is 2. The van der Waals surface area contributed by atoms with Crippen molar-refractivity contribution in [2.45, 2.75) is 32.7 Å². The Morgan fingerprint density at radius 3 is 2.58 bits per heavy atom. The molecule has 0 aliphatic heterocycles.